The van der Waals surface area contributed by atoms with Gasteiger partial charge in [-0.25, -0.2) is 13.4 Å². The summed E-state index contributed by atoms with van der Waals surface area (Å²) in [6.07, 6.45) is 0. The minimum atomic E-state index is -3.67. The van der Waals surface area contributed by atoms with Crippen LogP contribution < -0.4 is 9.46 Å². The van der Waals surface area contributed by atoms with Gasteiger partial charge in [0.1, 0.15) is 10.8 Å². The molecule has 0 aliphatic carbocycles. The number of benzene rings is 3. The molecule has 1 N–H and O–H groups in total. The second kappa shape index (κ2) is 7.74. The first-order chi connectivity index (χ1) is 14.3. The number of thiazole rings is 1. The number of anilines is 1. The summed E-state index contributed by atoms with van der Waals surface area (Å²) in [6, 6.07) is 16.9. The number of sulfonamides is 1. The molecule has 0 spiro atoms. The van der Waals surface area contributed by atoms with Gasteiger partial charge in [0.2, 0.25) is 0 Å². The summed E-state index contributed by atoms with van der Waals surface area (Å²) in [5.74, 6) is 0.796. The molecule has 4 aromatic rings. The maximum atomic E-state index is 12.9. The van der Waals surface area contributed by atoms with Crippen LogP contribution >= 0.6 is 11.3 Å². The summed E-state index contributed by atoms with van der Waals surface area (Å²) in [5.41, 5.74) is 4.86. The molecule has 1 heterocycles. The second-order valence-corrected chi connectivity index (χ2v) is 9.94. The third kappa shape index (κ3) is 3.91. The molecule has 0 amide bonds. The van der Waals surface area contributed by atoms with E-state index < -0.39 is 10.0 Å². The number of hydrogen-bond acceptors (Lipinski definition) is 5. The first kappa shape index (κ1) is 20.4. The first-order valence-electron chi connectivity index (χ1n) is 9.42. The Labute approximate surface area is 180 Å². The number of aromatic nitrogens is 1. The average Bonchev–Trinajstić information content (AvgIpc) is 3.14. The van der Waals surface area contributed by atoms with E-state index in [4.69, 9.17) is 9.72 Å². The molecule has 5 nitrogen and oxygen atoms in total. The van der Waals surface area contributed by atoms with Crippen LogP contribution in [0.5, 0.6) is 5.75 Å². The highest BCUT2D eigenvalue weighted by atomic mass is 32.2. The van der Waals surface area contributed by atoms with Crippen LogP contribution in [0.15, 0.2) is 59.5 Å². The highest BCUT2D eigenvalue weighted by Gasteiger charge is 2.18. The lowest BCUT2D eigenvalue weighted by molar-refractivity contribution is 0.415. The van der Waals surface area contributed by atoms with Crippen molar-refractivity contribution in [3.63, 3.8) is 0 Å². The standard InChI is InChI=1S/C23H22N2O3S2/c1-14-5-6-15(2)22(11-14)30(26,27)25-19-9-7-17(12-16(19)3)23-24-20-10-8-18(28-4)13-21(20)29-23/h5-13,25H,1-4H3. The molecule has 0 atom stereocenters. The van der Waals surface area contributed by atoms with Gasteiger partial charge >= 0.3 is 0 Å². The Morgan fingerprint density at radius 1 is 0.933 bits per heavy atom. The van der Waals surface area contributed by atoms with Gasteiger partial charge in [-0.3, -0.25) is 4.72 Å². The smallest absolute Gasteiger partial charge is 0.262 e. The van der Waals surface area contributed by atoms with Crippen LogP contribution in [0.3, 0.4) is 0 Å². The molecule has 4 rings (SSSR count). The van der Waals surface area contributed by atoms with E-state index in [-0.39, 0.29) is 0 Å². The van der Waals surface area contributed by atoms with Crippen molar-refractivity contribution >= 4 is 37.3 Å². The summed E-state index contributed by atoms with van der Waals surface area (Å²) in [4.78, 5) is 4.99. The minimum Gasteiger partial charge on any atom is -0.497 e. The molecule has 0 fully saturated rings. The number of nitrogens with zero attached hydrogens (tertiary/aromatic N) is 1. The van der Waals surface area contributed by atoms with Gasteiger partial charge in [0, 0.05) is 5.56 Å². The number of methoxy groups -OCH3 is 1. The number of nitrogens with one attached hydrogen (secondary N) is 1. The summed E-state index contributed by atoms with van der Waals surface area (Å²) in [7, 11) is -2.03. The van der Waals surface area contributed by atoms with Gasteiger partial charge in [0.15, 0.2) is 0 Å². The van der Waals surface area contributed by atoms with E-state index in [9.17, 15) is 8.42 Å². The maximum absolute atomic E-state index is 12.9. The van der Waals surface area contributed by atoms with Crippen molar-refractivity contribution in [3.05, 3.63) is 71.3 Å². The topological polar surface area (TPSA) is 68.3 Å². The lowest BCUT2D eigenvalue weighted by Crippen LogP contribution is -2.15. The SMILES string of the molecule is COc1ccc2nc(-c3ccc(NS(=O)(=O)c4cc(C)ccc4C)c(C)c3)sc2c1. The van der Waals surface area contributed by atoms with Crippen molar-refractivity contribution in [2.24, 2.45) is 0 Å². The van der Waals surface area contributed by atoms with Crippen molar-refractivity contribution in [1.82, 2.24) is 4.98 Å². The van der Waals surface area contributed by atoms with Crippen LogP contribution in [-0.4, -0.2) is 20.5 Å². The van der Waals surface area contributed by atoms with Crippen LogP contribution in [0, 0.1) is 20.8 Å². The molecule has 0 aliphatic rings. The summed E-state index contributed by atoms with van der Waals surface area (Å²) < 4.78 is 34.9. The Balaban J connectivity index is 1.66. The summed E-state index contributed by atoms with van der Waals surface area (Å²) in [5, 5.41) is 0.880. The Morgan fingerprint density at radius 3 is 2.47 bits per heavy atom. The van der Waals surface area contributed by atoms with Crippen LogP contribution in [0.1, 0.15) is 16.7 Å². The quantitative estimate of drug-likeness (QED) is 0.434. The molecule has 0 saturated heterocycles. The molecule has 7 heteroatoms. The molecule has 3 aromatic carbocycles. The third-order valence-electron chi connectivity index (χ3n) is 4.95. The van der Waals surface area contributed by atoms with E-state index in [1.807, 2.05) is 56.3 Å². The highest BCUT2D eigenvalue weighted by molar-refractivity contribution is 7.92. The van der Waals surface area contributed by atoms with Crippen LogP contribution in [0.2, 0.25) is 0 Å². The predicted octanol–water partition coefficient (Wildman–Crippen LogP) is 5.70. The van der Waals surface area contributed by atoms with Gasteiger partial charge < -0.3 is 4.74 Å². The molecule has 0 radical (unpaired) electrons. The van der Waals surface area contributed by atoms with Crippen molar-refractivity contribution in [2.75, 3.05) is 11.8 Å². The molecule has 30 heavy (non-hydrogen) atoms. The molecule has 154 valence electrons. The third-order valence-corrected chi connectivity index (χ3v) is 7.52. The normalized spacial score (nSPS) is 11.6. The number of fused-ring (bicyclic) bond motifs is 1. The van der Waals surface area contributed by atoms with E-state index in [1.165, 1.54) is 0 Å². The Morgan fingerprint density at radius 2 is 1.73 bits per heavy atom. The van der Waals surface area contributed by atoms with Crippen molar-refractivity contribution in [1.29, 1.82) is 0 Å². The fourth-order valence-electron chi connectivity index (χ4n) is 3.26. The first-order valence-corrected chi connectivity index (χ1v) is 11.7. The van der Waals surface area contributed by atoms with Crippen LogP contribution in [-0.2, 0) is 10.0 Å². The van der Waals surface area contributed by atoms with E-state index in [0.29, 0.717) is 16.1 Å². The molecular formula is C23H22N2O3S2. The van der Waals surface area contributed by atoms with Crippen molar-refractivity contribution in [2.45, 2.75) is 25.7 Å². The molecule has 1 aromatic heterocycles. The lowest BCUT2D eigenvalue weighted by atomic mass is 10.1. The predicted molar refractivity (Wildman–Crippen MR) is 123 cm³/mol. The average molecular weight is 439 g/mol. The highest BCUT2D eigenvalue weighted by Crippen LogP contribution is 2.34. The van der Waals surface area contributed by atoms with Crippen LogP contribution in [0.4, 0.5) is 5.69 Å². The number of ether oxygens (including phenoxy) is 1. The monoisotopic (exact) mass is 438 g/mol. The van der Waals surface area contributed by atoms with Gasteiger partial charge in [0.05, 0.1) is 27.9 Å². The van der Waals surface area contributed by atoms with E-state index in [1.54, 1.807) is 37.5 Å². The van der Waals surface area contributed by atoms with E-state index in [0.717, 1.165) is 37.7 Å². The zero-order valence-corrected chi connectivity index (χ0v) is 18.8. The molecule has 0 saturated carbocycles. The largest absolute Gasteiger partial charge is 0.497 e. The van der Waals surface area contributed by atoms with Crippen molar-refractivity contribution in [3.8, 4) is 16.3 Å². The minimum absolute atomic E-state index is 0.297. The number of hydrogen-bond donors (Lipinski definition) is 1. The van der Waals surface area contributed by atoms with Gasteiger partial charge in [-0.1, -0.05) is 12.1 Å². The van der Waals surface area contributed by atoms with Gasteiger partial charge in [-0.05, 0) is 79.9 Å². The van der Waals surface area contributed by atoms with Crippen LogP contribution in [0.25, 0.3) is 20.8 Å². The van der Waals surface area contributed by atoms with Gasteiger partial charge in [-0.15, -0.1) is 11.3 Å². The lowest BCUT2D eigenvalue weighted by Gasteiger charge is -2.13. The fraction of sp³-hybridized carbons (Fsp3) is 0.174. The Hall–Kier alpha value is -2.90. The zero-order chi connectivity index (χ0) is 21.5. The Kier molecular flexibility index (Phi) is 5.26. The van der Waals surface area contributed by atoms with Gasteiger partial charge in [0.25, 0.3) is 10.0 Å². The summed E-state index contributed by atoms with van der Waals surface area (Å²) in [6.45, 7) is 5.57. The second-order valence-electron chi connectivity index (χ2n) is 7.26. The summed E-state index contributed by atoms with van der Waals surface area (Å²) >= 11 is 1.58. The van der Waals surface area contributed by atoms with Gasteiger partial charge in [-0.2, -0.15) is 0 Å². The maximum Gasteiger partial charge on any atom is 0.262 e. The molecule has 0 bridgehead atoms. The number of rotatable bonds is 5. The van der Waals surface area contributed by atoms with E-state index >= 15 is 0 Å². The molecule has 0 unspecified atom stereocenters. The molecular weight excluding hydrogens is 416 g/mol. The Bertz CT molecular complexity index is 1360. The zero-order valence-electron chi connectivity index (χ0n) is 17.2. The number of aryl methyl sites for hydroxylation is 3. The fourth-order valence-corrected chi connectivity index (χ4v) is 5.72. The molecule has 0 aliphatic heterocycles. The van der Waals surface area contributed by atoms with E-state index in [2.05, 4.69) is 4.72 Å². The van der Waals surface area contributed by atoms with Crippen molar-refractivity contribution < 1.29 is 13.2 Å².